The van der Waals surface area contributed by atoms with Crippen molar-refractivity contribution in [2.45, 2.75) is 6.92 Å². The number of benzene rings is 1. The molecule has 1 N–H and O–H groups in total. The van der Waals surface area contributed by atoms with E-state index in [4.69, 9.17) is 9.25 Å². The topological polar surface area (TPSA) is 51.5 Å². The van der Waals surface area contributed by atoms with Crippen molar-refractivity contribution in [2.24, 2.45) is 0 Å². The van der Waals surface area contributed by atoms with Gasteiger partial charge in [-0.15, -0.1) is 0 Å². The lowest BCUT2D eigenvalue weighted by molar-refractivity contribution is 0.0365. The summed E-state index contributed by atoms with van der Waals surface area (Å²) in [4.78, 5) is 16.4. The minimum atomic E-state index is -0.290. The molecule has 1 aromatic heterocycles. The molecule has 0 saturated carbocycles. The van der Waals surface area contributed by atoms with Gasteiger partial charge in [0.15, 0.2) is 0 Å². The highest BCUT2D eigenvalue weighted by molar-refractivity contribution is 6.05. The van der Waals surface area contributed by atoms with Crippen LogP contribution < -0.4 is 5.48 Å². The fourth-order valence-electron chi connectivity index (χ4n) is 1.35. The highest BCUT2D eigenvalue weighted by Gasteiger charge is 2.12. The Morgan fingerprint density at radius 2 is 2.27 bits per heavy atom. The molecule has 4 heteroatoms. The fourth-order valence-corrected chi connectivity index (χ4v) is 1.35. The predicted octanol–water partition coefficient (Wildman–Crippen LogP) is 2.11. The summed E-state index contributed by atoms with van der Waals surface area (Å²) in [5, 5.41) is 0.787. The molecule has 0 aliphatic rings. The average molecular weight is 205 g/mol. The fraction of sp³-hybridized carbons (Fsp3) is 0.182. The van der Waals surface area contributed by atoms with Crippen molar-refractivity contribution in [3.63, 3.8) is 0 Å². The van der Waals surface area contributed by atoms with Crippen LogP contribution >= 0.6 is 0 Å². The number of carbonyl (C=O) groups excluding carboxylic acids is 1. The average Bonchev–Trinajstić information content (AvgIpc) is 2.69. The van der Waals surface area contributed by atoms with Crippen molar-refractivity contribution in [3.05, 3.63) is 36.1 Å². The molecule has 1 heterocycles. The van der Waals surface area contributed by atoms with Gasteiger partial charge in [-0.05, 0) is 13.0 Å². The van der Waals surface area contributed by atoms with Gasteiger partial charge in [-0.1, -0.05) is 18.2 Å². The minimum absolute atomic E-state index is 0.290. The Bertz CT molecular complexity index is 475. The first-order chi connectivity index (χ1) is 7.33. The number of carbonyl (C=O) groups is 1. The molecule has 0 radical (unpaired) electrons. The molecule has 78 valence electrons. The van der Waals surface area contributed by atoms with Gasteiger partial charge in [0.25, 0.3) is 5.91 Å². The summed E-state index contributed by atoms with van der Waals surface area (Å²) in [5.74, 6) is -0.290. The van der Waals surface area contributed by atoms with Crippen molar-refractivity contribution in [3.8, 4) is 0 Å². The quantitative estimate of drug-likeness (QED) is 0.781. The van der Waals surface area contributed by atoms with E-state index >= 15 is 0 Å². The van der Waals surface area contributed by atoms with E-state index < -0.39 is 0 Å². The van der Waals surface area contributed by atoms with Crippen molar-refractivity contribution in [2.75, 3.05) is 6.61 Å². The van der Waals surface area contributed by atoms with E-state index in [1.807, 2.05) is 24.3 Å². The van der Waals surface area contributed by atoms with Gasteiger partial charge in [0.2, 0.25) is 0 Å². The maximum atomic E-state index is 11.6. The highest BCUT2D eigenvalue weighted by atomic mass is 16.6. The second-order valence-electron chi connectivity index (χ2n) is 3.01. The maximum Gasteiger partial charge on any atom is 0.278 e. The SMILES string of the molecule is CCONC(=O)c1coc2ccccc12. The van der Waals surface area contributed by atoms with Crippen LogP contribution in [0.1, 0.15) is 17.3 Å². The molecule has 1 amide bonds. The number of hydrogen-bond acceptors (Lipinski definition) is 3. The zero-order valence-electron chi connectivity index (χ0n) is 8.32. The summed E-state index contributed by atoms with van der Waals surface area (Å²) in [6.45, 7) is 2.23. The summed E-state index contributed by atoms with van der Waals surface area (Å²) in [6, 6.07) is 7.36. The minimum Gasteiger partial charge on any atom is -0.463 e. The van der Waals surface area contributed by atoms with Crippen LogP contribution in [0, 0.1) is 0 Å². The molecular weight excluding hydrogens is 194 g/mol. The molecule has 0 atom stereocenters. The molecule has 0 spiro atoms. The third kappa shape index (κ3) is 1.85. The van der Waals surface area contributed by atoms with Crippen LogP contribution in [0.3, 0.4) is 0 Å². The number of amides is 1. The number of fused-ring (bicyclic) bond motifs is 1. The molecular formula is C11H11NO3. The van der Waals surface area contributed by atoms with E-state index in [1.165, 1.54) is 6.26 Å². The Balaban J connectivity index is 2.31. The van der Waals surface area contributed by atoms with Crippen LogP contribution in [0.5, 0.6) is 0 Å². The summed E-state index contributed by atoms with van der Waals surface area (Å²) >= 11 is 0. The molecule has 15 heavy (non-hydrogen) atoms. The Morgan fingerprint density at radius 1 is 1.47 bits per heavy atom. The number of para-hydroxylation sites is 1. The molecule has 4 nitrogen and oxygen atoms in total. The van der Waals surface area contributed by atoms with E-state index in [0.717, 1.165) is 5.39 Å². The van der Waals surface area contributed by atoms with Crippen LogP contribution in [-0.4, -0.2) is 12.5 Å². The zero-order valence-corrected chi connectivity index (χ0v) is 8.32. The van der Waals surface area contributed by atoms with Crippen LogP contribution in [-0.2, 0) is 4.84 Å². The third-order valence-corrected chi connectivity index (χ3v) is 2.03. The number of hydrogen-bond donors (Lipinski definition) is 1. The van der Waals surface area contributed by atoms with Gasteiger partial charge >= 0.3 is 0 Å². The number of nitrogens with one attached hydrogen (secondary N) is 1. The van der Waals surface area contributed by atoms with E-state index in [2.05, 4.69) is 5.48 Å². The van der Waals surface area contributed by atoms with Gasteiger partial charge in [0.05, 0.1) is 12.2 Å². The molecule has 2 rings (SSSR count). The number of rotatable bonds is 3. The van der Waals surface area contributed by atoms with Gasteiger partial charge in [0.1, 0.15) is 11.8 Å². The van der Waals surface area contributed by atoms with Crippen molar-refractivity contribution >= 4 is 16.9 Å². The molecule has 0 aliphatic carbocycles. The van der Waals surface area contributed by atoms with Crippen molar-refractivity contribution < 1.29 is 14.0 Å². The Morgan fingerprint density at radius 3 is 3.07 bits per heavy atom. The molecule has 0 fully saturated rings. The predicted molar refractivity (Wildman–Crippen MR) is 55.3 cm³/mol. The largest absolute Gasteiger partial charge is 0.463 e. The van der Waals surface area contributed by atoms with E-state index in [-0.39, 0.29) is 5.91 Å². The zero-order chi connectivity index (χ0) is 10.7. The van der Waals surface area contributed by atoms with Gasteiger partial charge in [0, 0.05) is 5.39 Å². The summed E-state index contributed by atoms with van der Waals surface area (Å²) < 4.78 is 5.23. The summed E-state index contributed by atoms with van der Waals surface area (Å²) in [7, 11) is 0. The lowest BCUT2D eigenvalue weighted by atomic mass is 10.2. The van der Waals surface area contributed by atoms with Crippen LogP contribution in [0.4, 0.5) is 0 Å². The number of hydroxylamine groups is 1. The van der Waals surface area contributed by atoms with Gasteiger partial charge in [-0.2, -0.15) is 0 Å². The molecule has 0 saturated heterocycles. The first kappa shape index (κ1) is 9.73. The van der Waals surface area contributed by atoms with Gasteiger partial charge in [-0.25, -0.2) is 5.48 Å². The lowest BCUT2D eigenvalue weighted by Gasteiger charge is -2.00. The van der Waals surface area contributed by atoms with Gasteiger partial charge < -0.3 is 4.42 Å². The first-order valence-electron chi connectivity index (χ1n) is 4.71. The van der Waals surface area contributed by atoms with Crippen LogP contribution in [0.25, 0.3) is 11.0 Å². The highest BCUT2D eigenvalue weighted by Crippen LogP contribution is 2.20. The van der Waals surface area contributed by atoms with E-state index in [9.17, 15) is 4.79 Å². The standard InChI is InChI=1S/C11H11NO3/c1-2-15-12-11(13)9-7-14-10-6-4-3-5-8(9)10/h3-7H,2H2,1H3,(H,12,13). The molecule has 1 aromatic carbocycles. The second kappa shape index (κ2) is 4.14. The van der Waals surface area contributed by atoms with Crippen molar-refractivity contribution in [1.29, 1.82) is 0 Å². The summed E-state index contributed by atoms with van der Waals surface area (Å²) in [5.41, 5.74) is 3.51. The van der Waals surface area contributed by atoms with E-state index in [0.29, 0.717) is 17.8 Å². The normalized spacial score (nSPS) is 10.5. The molecule has 2 aromatic rings. The maximum absolute atomic E-state index is 11.6. The Kier molecular flexibility index (Phi) is 2.69. The van der Waals surface area contributed by atoms with E-state index in [1.54, 1.807) is 6.92 Å². The smallest absolute Gasteiger partial charge is 0.278 e. The molecule has 0 unspecified atom stereocenters. The Hall–Kier alpha value is -1.81. The molecule has 0 aliphatic heterocycles. The number of furan rings is 1. The van der Waals surface area contributed by atoms with Gasteiger partial charge in [-0.3, -0.25) is 9.63 Å². The first-order valence-corrected chi connectivity index (χ1v) is 4.71. The second-order valence-corrected chi connectivity index (χ2v) is 3.01. The van der Waals surface area contributed by atoms with Crippen LogP contribution in [0.15, 0.2) is 34.9 Å². The van der Waals surface area contributed by atoms with Crippen molar-refractivity contribution in [1.82, 2.24) is 5.48 Å². The van der Waals surface area contributed by atoms with Crippen LogP contribution in [0.2, 0.25) is 0 Å². The third-order valence-electron chi connectivity index (χ3n) is 2.03. The Labute approximate surface area is 86.8 Å². The molecule has 0 bridgehead atoms. The lowest BCUT2D eigenvalue weighted by Crippen LogP contribution is -2.23. The monoisotopic (exact) mass is 205 g/mol. The summed E-state index contributed by atoms with van der Waals surface area (Å²) in [6.07, 6.45) is 1.43.